The molecule has 0 aliphatic carbocycles. The summed E-state index contributed by atoms with van der Waals surface area (Å²) in [6, 6.07) is 3.65. The van der Waals surface area contributed by atoms with Crippen LogP contribution in [-0.4, -0.2) is 17.2 Å². The SMILES string of the molecule is N#CC(C(=O)Nc1ccc(C(F)(F)F)cc1)=C(O)C(F)(F)F. The van der Waals surface area contributed by atoms with Gasteiger partial charge in [-0.2, -0.15) is 31.6 Å². The predicted octanol–water partition coefficient (Wildman–Crippen LogP) is 3.54. The van der Waals surface area contributed by atoms with Gasteiger partial charge in [-0.25, -0.2) is 0 Å². The number of anilines is 1. The van der Waals surface area contributed by atoms with Crippen LogP contribution < -0.4 is 5.32 Å². The third-order valence-electron chi connectivity index (χ3n) is 2.31. The molecule has 118 valence electrons. The number of halogens is 6. The zero-order valence-corrected chi connectivity index (χ0v) is 10.4. The minimum atomic E-state index is -5.30. The molecule has 0 atom stereocenters. The van der Waals surface area contributed by atoms with E-state index < -0.39 is 35.2 Å². The monoisotopic (exact) mass is 324 g/mol. The molecule has 1 aromatic carbocycles. The van der Waals surface area contributed by atoms with Gasteiger partial charge in [-0.1, -0.05) is 0 Å². The first-order valence-corrected chi connectivity index (χ1v) is 5.36. The molecule has 0 saturated heterocycles. The van der Waals surface area contributed by atoms with Crippen LogP contribution in [0.4, 0.5) is 32.0 Å². The lowest BCUT2D eigenvalue weighted by Gasteiger charge is -2.10. The molecule has 0 aromatic heterocycles. The van der Waals surface area contributed by atoms with Crippen LogP contribution in [0.15, 0.2) is 35.6 Å². The van der Waals surface area contributed by atoms with Gasteiger partial charge in [0.25, 0.3) is 5.91 Å². The number of hydrogen-bond acceptors (Lipinski definition) is 3. The molecule has 2 N–H and O–H groups in total. The maximum absolute atomic E-state index is 12.3. The van der Waals surface area contributed by atoms with Crippen molar-refractivity contribution in [1.82, 2.24) is 0 Å². The Bertz CT molecular complexity index is 638. The van der Waals surface area contributed by atoms with Crippen LogP contribution in [0.1, 0.15) is 5.56 Å². The van der Waals surface area contributed by atoms with Crippen molar-refractivity contribution in [2.45, 2.75) is 12.4 Å². The largest absolute Gasteiger partial charge is 0.503 e. The molecule has 1 amide bonds. The van der Waals surface area contributed by atoms with Gasteiger partial charge in [0.1, 0.15) is 6.07 Å². The van der Waals surface area contributed by atoms with E-state index in [1.807, 2.05) is 0 Å². The lowest BCUT2D eigenvalue weighted by atomic mass is 10.2. The molecule has 1 aromatic rings. The number of amides is 1. The van der Waals surface area contributed by atoms with Gasteiger partial charge < -0.3 is 10.4 Å². The molecule has 0 radical (unpaired) electrons. The van der Waals surface area contributed by atoms with E-state index >= 15 is 0 Å². The fourth-order valence-electron chi connectivity index (χ4n) is 1.29. The average Bonchev–Trinajstić information content (AvgIpc) is 2.37. The van der Waals surface area contributed by atoms with E-state index in [2.05, 4.69) is 0 Å². The summed E-state index contributed by atoms with van der Waals surface area (Å²) in [6.45, 7) is 0. The number of carbonyl (C=O) groups excluding carboxylic acids is 1. The minimum absolute atomic E-state index is 0.277. The van der Waals surface area contributed by atoms with Gasteiger partial charge in [-0.15, -0.1) is 0 Å². The fraction of sp³-hybridized carbons (Fsp3) is 0.167. The van der Waals surface area contributed by atoms with Crippen molar-refractivity contribution in [1.29, 1.82) is 5.26 Å². The van der Waals surface area contributed by atoms with Crippen molar-refractivity contribution in [2.75, 3.05) is 5.32 Å². The zero-order chi connectivity index (χ0) is 17.1. The van der Waals surface area contributed by atoms with Crippen LogP contribution in [0.5, 0.6) is 0 Å². The number of aliphatic hydroxyl groups excluding tert-OH is 1. The van der Waals surface area contributed by atoms with E-state index in [0.29, 0.717) is 12.1 Å². The van der Waals surface area contributed by atoms with Gasteiger partial charge in [0.05, 0.1) is 5.56 Å². The van der Waals surface area contributed by atoms with E-state index in [0.717, 1.165) is 18.2 Å². The Kier molecular flexibility index (Phi) is 4.71. The maximum Gasteiger partial charge on any atom is 0.450 e. The summed E-state index contributed by atoms with van der Waals surface area (Å²) in [4.78, 5) is 11.4. The predicted molar refractivity (Wildman–Crippen MR) is 61.4 cm³/mol. The Morgan fingerprint density at radius 1 is 1.09 bits per heavy atom. The number of benzene rings is 1. The van der Waals surface area contributed by atoms with Crippen molar-refractivity contribution in [3.05, 3.63) is 41.2 Å². The van der Waals surface area contributed by atoms with Gasteiger partial charge in [0, 0.05) is 5.69 Å². The number of aliphatic hydroxyl groups is 1. The Balaban J connectivity index is 3.00. The summed E-state index contributed by atoms with van der Waals surface area (Å²) in [5.74, 6) is -3.99. The first-order valence-electron chi connectivity index (χ1n) is 5.36. The summed E-state index contributed by atoms with van der Waals surface area (Å²) in [5.41, 5.74) is -2.91. The first-order chi connectivity index (χ1) is 9.96. The molecule has 0 aliphatic heterocycles. The average molecular weight is 324 g/mol. The number of allylic oxidation sites excluding steroid dienone is 1. The molecule has 10 heteroatoms. The highest BCUT2D eigenvalue weighted by Crippen LogP contribution is 2.30. The number of carbonyl (C=O) groups is 1. The summed E-state index contributed by atoms with van der Waals surface area (Å²) in [6.07, 6.45) is -9.92. The standard InChI is InChI=1S/C12H6F6N2O2/c13-11(14,15)6-1-3-7(4-2-6)20-10(22)8(5-19)9(21)12(16,17)18/h1-4,21H,(H,20,22). The van der Waals surface area contributed by atoms with Crippen molar-refractivity contribution >= 4 is 11.6 Å². The lowest BCUT2D eigenvalue weighted by molar-refractivity contribution is -0.137. The maximum atomic E-state index is 12.3. The molecule has 0 saturated carbocycles. The Morgan fingerprint density at radius 2 is 1.59 bits per heavy atom. The number of nitriles is 1. The van der Waals surface area contributed by atoms with Gasteiger partial charge in [0.2, 0.25) is 5.76 Å². The Morgan fingerprint density at radius 3 is 1.95 bits per heavy atom. The van der Waals surface area contributed by atoms with Crippen LogP contribution in [0.3, 0.4) is 0 Å². The van der Waals surface area contributed by atoms with Crippen molar-refractivity contribution in [3.8, 4) is 6.07 Å². The van der Waals surface area contributed by atoms with Crippen molar-refractivity contribution in [2.24, 2.45) is 0 Å². The number of nitrogens with zero attached hydrogens (tertiary/aromatic N) is 1. The van der Waals surface area contributed by atoms with Crippen LogP contribution in [0.2, 0.25) is 0 Å². The van der Waals surface area contributed by atoms with Crippen LogP contribution in [0, 0.1) is 11.3 Å². The lowest BCUT2D eigenvalue weighted by Crippen LogP contribution is -2.21. The number of alkyl halides is 6. The molecular formula is C12H6F6N2O2. The highest BCUT2D eigenvalue weighted by atomic mass is 19.4. The van der Waals surface area contributed by atoms with Crippen molar-refractivity contribution in [3.63, 3.8) is 0 Å². The molecule has 0 spiro atoms. The van der Waals surface area contributed by atoms with Crippen molar-refractivity contribution < 1.29 is 36.2 Å². The van der Waals surface area contributed by atoms with Gasteiger partial charge in [0.15, 0.2) is 5.57 Å². The van der Waals surface area contributed by atoms with E-state index in [-0.39, 0.29) is 5.69 Å². The van der Waals surface area contributed by atoms with Crippen LogP contribution in [0.25, 0.3) is 0 Å². The molecule has 22 heavy (non-hydrogen) atoms. The highest BCUT2D eigenvalue weighted by molar-refractivity contribution is 6.07. The quantitative estimate of drug-likeness (QED) is 0.378. The third-order valence-corrected chi connectivity index (χ3v) is 2.31. The fourth-order valence-corrected chi connectivity index (χ4v) is 1.29. The smallest absolute Gasteiger partial charge is 0.450 e. The second-order valence-corrected chi connectivity index (χ2v) is 3.86. The molecule has 4 nitrogen and oxygen atoms in total. The van der Waals surface area contributed by atoms with Crippen LogP contribution in [-0.2, 0) is 11.0 Å². The summed E-state index contributed by atoms with van der Waals surface area (Å²) in [5, 5.41) is 19.0. The van der Waals surface area contributed by atoms with Gasteiger partial charge >= 0.3 is 12.4 Å². The highest BCUT2D eigenvalue weighted by Gasteiger charge is 2.39. The van der Waals surface area contributed by atoms with Crippen LogP contribution >= 0.6 is 0 Å². The molecule has 0 bridgehead atoms. The number of nitrogens with one attached hydrogen (secondary N) is 1. The third kappa shape index (κ3) is 4.15. The summed E-state index contributed by atoms with van der Waals surface area (Å²) >= 11 is 0. The van der Waals surface area contributed by atoms with E-state index in [4.69, 9.17) is 10.4 Å². The minimum Gasteiger partial charge on any atom is -0.503 e. The Hall–Kier alpha value is -2.70. The van der Waals surface area contributed by atoms with E-state index in [1.54, 1.807) is 5.32 Å². The zero-order valence-electron chi connectivity index (χ0n) is 10.4. The van der Waals surface area contributed by atoms with Gasteiger partial charge in [-0.05, 0) is 24.3 Å². The number of hydrogen-bond donors (Lipinski definition) is 2. The second kappa shape index (κ2) is 5.97. The summed E-state index contributed by atoms with van der Waals surface area (Å²) in [7, 11) is 0. The summed E-state index contributed by atoms with van der Waals surface area (Å²) < 4.78 is 73.5. The van der Waals surface area contributed by atoms with E-state index in [1.165, 1.54) is 0 Å². The molecule has 0 aliphatic rings. The molecule has 1 rings (SSSR count). The van der Waals surface area contributed by atoms with Gasteiger partial charge in [-0.3, -0.25) is 4.79 Å². The second-order valence-electron chi connectivity index (χ2n) is 3.86. The molecular weight excluding hydrogens is 318 g/mol. The molecule has 0 unspecified atom stereocenters. The molecule has 0 fully saturated rings. The first kappa shape index (κ1) is 17.4. The topological polar surface area (TPSA) is 73.1 Å². The Labute approximate surface area is 119 Å². The molecule has 0 heterocycles. The van der Waals surface area contributed by atoms with E-state index in [9.17, 15) is 31.1 Å². The number of rotatable bonds is 2. The normalized spacial score (nSPS) is 13.1.